The van der Waals surface area contributed by atoms with Gasteiger partial charge in [0.05, 0.1) is 18.2 Å². The van der Waals surface area contributed by atoms with Gasteiger partial charge in [0.15, 0.2) is 5.78 Å². The highest BCUT2D eigenvalue weighted by atomic mass is 16.5. The van der Waals surface area contributed by atoms with Gasteiger partial charge in [-0.15, -0.1) is 0 Å². The molecule has 1 rings (SSSR count). The van der Waals surface area contributed by atoms with E-state index in [0.717, 1.165) is 0 Å². The molecule has 72 valence electrons. The summed E-state index contributed by atoms with van der Waals surface area (Å²) in [6.07, 6.45) is 0. The molecule has 0 aromatic heterocycles. The molecule has 0 bridgehead atoms. The van der Waals surface area contributed by atoms with Crippen molar-refractivity contribution < 1.29 is 9.53 Å². The van der Waals surface area contributed by atoms with Crippen LogP contribution in [0.25, 0.3) is 0 Å². The Kier molecular flexibility index (Phi) is 2.73. The number of hydrogen-bond acceptors (Lipinski definition) is 4. The molecular formula is C10H10N2O2. The Morgan fingerprint density at radius 3 is 2.64 bits per heavy atom. The second kappa shape index (κ2) is 3.79. The van der Waals surface area contributed by atoms with Crippen molar-refractivity contribution in [3.05, 3.63) is 23.3 Å². The predicted octanol–water partition coefficient (Wildman–Crippen LogP) is 1.35. The summed E-state index contributed by atoms with van der Waals surface area (Å²) in [5, 5.41) is 8.80. The Morgan fingerprint density at radius 1 is 1.57 bits per heavy atom. The quantitative estimate of drug-likeness (QED) is 0.564. The number of nitriles is 1. The molecule has 0 spiro atoms. The van der Waals surface area contributed by atoms with Gasteiger partial charge in [0.1, 0.15) is 11.8 Å². The highest BCUT2D eigenvalue weighted by Crippen LogP contribution is 2.25. The van der Waals surface area contributed by atoms with Crippen molar-refractivity contribution in [2.45, 2.75) is 6.92 Å². The van der Waals surface area contributed by atoms with Crippen LogP contribution in [0.5, 0.6) is 5.75 Å². The zero-order valence-electron chi connectivity index (χ0n) is 8.00. The maximum Gasteiger partial charge on any atom is 0.164 e. The normalized spacial score (nSPS) is 9.21. The second-order valence-corrected chi connectivity index (χ2v) is 2.81. The first-order valence-corrected chi connectivity index (χ1v) is 3.98. The van der Waals surface area contributed by atoms with Crippen LogP contribution in [0.4, 0.5) is 5.69 Å². The molecule has 14 heavy (non-hydrogen) atoms. The lowest BCUT2D eigenvalue weighted by Crippen LogP contribution is -2.02. The summed E-state index contributed by atoms with van der Waals surface area (Å²) < 4.78 is 4.98. The third-order valence-electron chi connectivity index (χ3n) is 1.82. The van der Waals surface area contributed by atoms with E-state index in [4.69, 9.17) is 15.7 Å². The van der Waals surface area contributed by atoms with Gasteiger partial charge in [-0.3, -0.25) is 4.79 Å². The average molecular weight is 190 g/mol. The minimum atomic E-state index is -0.210. The molecular weight excluding hydrogens is 180 g/mol. The van der Waals surface area contributed by atoms with Crippen LogP contribution < -0.4 is 10.5 Å². The third kappa shape index (κ3) is 1.67. The van der Waals surface area contributed by atoms with Gasteiger partial charge in [-0.1, -0.05) is 0 Å². The molecule has 0 fully saturated rings. The number of ether oxygens (including phenoxy) is 1. The number of methoxy groups -OCH3 is 1. The van der Waals surface area contributed by atoms with E-state index in [0.29, 0.717) is 11.4 Å². The summed E-state index contributed by atoms with van der Waals surface area (Å²) >= 11 is 0. The van der Waals surface area contributed by atoms with Crippen LogP contribution in [-0.4, -0.2) is 12.9 Å². The lowest BCUT2D eigenvalue weighted by Gasteiger charge is -2.08. The predicted molar refractivity (Wildman–Crippen MR) is 52.1 cm³/mol. The topological polar surface area (TPSA) is 76.1 Å². The highest BCUT2D eigenvalue weighted by molar-refractivity contribution is 5.99. The lowest BCUT2D eigenvalue weighted by atomic mass is 10.0. The van der Waals surface area contributed by atoms with E-state index in [2.05, 4.69) is 0 Å². The van der Waals surface area contributed by atoms with E-state index in [-0.39, 0.29) is 16.9 Å². The van der Waals surface area contributed by atoms with E-state index >= 15 is 0 Å². The van der Waals surface area contributed by atoms with Crippen LogP contribution in [0, 0.1) is 11.3 Å². The molecule has 0 aliphatic carbocycles. The first-order valence-electron chi connectivity index (χ1n) is 3.98. The average Bonchev–Trinajstić information content (AvgIpc) is 2.15. The summed E-state index contributed by atoms with van der Waals surface area (Å²) in [6, 6.07) is 4.89. The number of hydrogen-bond donors (Lipinski definition) is 1. The second-order valence-electron chi connectivity index (χ2n) is 2.81. The summed E-state index contributed by atoms with van der Waals surface area (Å²) in [5.74, 6) is 0.132. The molecule has 2 N–H and O–H groups in total. The molecule has 0 saturated carbocycles. The molecule has 1 aromatic carbocycles. The van der Waals surface area contributed by atoms with Crippen LogP contribution in [0.15, 0.2) is 12.1 Å². The fourth-order valence-electron chi connectivity index (χ4n) is 1.25. The Labute approximate surface area is 81.9 Å². The number of carbonyl (C=O) groups excluding carboxylic acids is 1. The van der Waals surface area contributed by atoms with Crippen LogP contribution in [0.2, 0.25) is 0 Å². The smallest absolute Gasteiger partial charge is 0.164 e. The molecule has 0 amide bonds. The maximum absolute atomic E-state index is 11.2. The zero-order valence-corrected chi connectivity index (χ0v) is 8.00. The van der Waals surface area contributed by atoms with E-state index < -0.39 is 0 Å². The van der Waals surface area contributed by atoms with Gasteiger partial charge in [-0.25, -0.2) is 0 Å². The Morgan fingerprint density at radius 2 is 2.21 bits per heavy atom. The summed E-state index contributed by atoms with van der Waals surface area (Å²) in [6.45, 7) is 1.38. The largest absolute Gasteiger partial charge is 0.496 e. The van der Waals surface area contributed by atoms with Gasteiger partial charge in [-0.05, 0) is 13.0 Å². The first kappa shape index (κ1) is 10.1. The van der Waals surface area contributed by atoms with Crippen LogP contribution in [0.3, 0.4) is 0 Å². The molecule has 0 saturated heterocycles. The van der Waals surface area contributed by atoms with Gasteiger partial charge in [0.2, 0.25) is 0 Å². The third-order valence-corrected chi connectivity index (χ3v) is 1.82. The molecule has 4 nitrogen and oxygen atoms in total. The van der Waals surface area contributed by atoms with Crippen molar-refractivity contribution in [2.75, 3.05) is 12.8 Å². The maximum atomic E-state index is 11.2. The summed E-state index contributed by atoms with van der Waals surface area (Å²) in [4.78, 5) is 11.2. The van der Waals surface area contributed by atoms with Gasteiger partial charge in [0, 0.05) is 11.8 Å². The van der Waals surface area contributed by atoms with Gasteiger partial charge < -0.3 is 10.5 Å². The molecule has 0 radical (unpaired) electrons. The number of Topliss-reactive ketones (excluding diaryl/α,β-unsaturated/α-hetero) is 1. The van der Waals surface area contributed by atoms with Gasteiger partial charge in [-0.2, -0.15) is 5.26 Å². The monoisotopic (exact) mass is 190 g/mol. The Hall–Kier alpha value is -2.02. The lowest BCUT2D eigenvalue weighted by molar-refractivity contribution is 0.101. The number of nitrogens with two attached hydrogens (primary N) is 1. The van der Waals surface area contributed by atoms with Crippen molar-refractivity contribution in [3.63, 3.8) is 0 Å². The minimum absolute atomic E-state index is 0.210. The first-order chi connectivity index (χ1) is 6.60. The fraction of sp³-hybridized carbons (Fsp3) is 0.200. The van der Waals surface area contributed by atoms with E-state index in [1.165, 1.54) is 26.2 Å². The number of benzene rings is 1. The molecule has 0 aliphatic heterocycles. The summed E-state index contributed by atoms with van der Waals surface area (Å²) in [5.41, 5.74) is 6.47. The molecule has 0 aliphatic rings. The molecule has 4 heteroatoms. The molecule has 1 aromatic rings. The van der Waals surface area contributed by atoms with E-state index in [1.807, 2.05) is 6.07 Å². The standard InChI is InChI=1S/C10H10N2O2/c1-6(13)10-7(5-11)3-8(12)4-9(10)14-2/h3-4H,12H2,1-2H3. The minimum Gasteiger partial charge on any atom is -0.496 e. The van der Waals surface area contributed by atoms with Crippen molar-refractivity contribution >= 4 is 11.5 Å². The van der Waals surface area contributed by atoms with Crippen molar-refractivity contribution in [3.8, 4) is 11.8 Å². The number of nitrogens with zero attached hydrogens (tertiary/aromatic N) is 1. The van der Waals surface area contributed by atoms with Gasteiger partial charge >= 0.3 is 0 Å². The number of nitrogen functional groups attached to an aromatic ring is 1. The fourth-order valence-corrected chi connectivity index (χ4v) is 1.25. The van der Waals surface area contributed by atoms with Crippen molar-refractivity contribution in [1.82, 2.24) is 0 Å². The van der Waals surface area contributed by atoms with Crippen LogP contribution >= 0.6 is 0 Å². The van der Waals surface area contributed by atoms with Crippen molar-refractivity contribution in [1.29, 1.82) is 5.26 Å². The van der Waals surface area contributed by atoms with Gasteiger partial charge in [0.25, 0.3) is 0 Å². The number of rotatable bonds is 2. The highest BCUT2D eigenvalue weighted by Gasteiger charge is 2.14. The molecule has 0 heterocycles. The van der Waals surface area contributed by atoms with E-state index in [1.54, 1.807) is 0 Å². The SMILES string of the molecule is COc1cc(N)cc(C#N)c1C(C)=O. The zero-order chi connectivity index (χ0) is 10.7. The van der Waals surface area contributed by atoms with E-state index in [9.17, 15) is 4.79 Å². The Balaban J connectivity index is 3.50. The number of carbonyl (C=O) groups is 1. The number of ketones is 1. The number of anilines is 1. The van der Waals surface area contributed by atoms with Crippen LogP contribution in [0.1, 0.15) is 22.8 Å². The summed E-state index contributed by atoms with van der Waals surface area (Å²) in [7, 11) is 1.43. The molecule has 0 unspecified atom stereocenters. The molecule has 0 atom stereocenters. The van der Waals surface area contributed by atoms with Crippen LogP contribution in [-0.2, 0) is 0 Å². The Bertz CT molecular complexity index is 419. The van der Waals surface area contributed by atoms with Crippen molar-refractivity contribution in [2.24, 2.45) is 0 Å².